The van der Waals surface area contributed by atoms with Crippen LogP contribution in [0, 0.1) is 11.3 Å². The molecular weight excluding hydrogens is 562 g/mol. The lowest BCUT2D eigenvalue weighted by Gasteiger charge is -2.47. The average molecular weight is 608 g/mol. The summed E-state index contributed by atoms with van der Waals surface area (Å²) < 4.78 is 0. The number of nitrogens with two attached hydrogens (primary N) is 1. The Kier molecular flexibility index (Phi) is 10.5. The Bertz CT molecular complexity index is 1340. The third-order valence-corrected chi connectivity index (χ3v) is 8.98. The minimum atomic E-state index is -0.608. The minimum Gasteiger partial charge on any atom is -0.384 e. The van der Waals surface area contributed by atoms with Crippen molar-refractivity contribution in [2.24, 2.45) is 27.2 Å². The second-order valence-electron chi connectivity index (χ2n) is 12.7. The van der Waals surface area contributed by atoms with Gasteiger partial charge in [0.05, 0.1) is 12.6 Å². The standard InChI is InChI=1S/C33H46ClN7O2/c1-6-7-11-27(22-12-14-23(15-13-22)30(42)37-21-28(35)39-40-36-5)41-31(43)29(24-9-8-10-26(34)20-24)38-33(41)18-16-25(17-19-33)32(2,3)4/h8-10,12-15,20,25,27,36,40H,6-7,11,16-19,21H2,1-5H3,(H2,35,39)(H,37,42)/t25?,27-,33?/m1/s1. The van der Waals surface area contributed by atoms with Crippen molar-refractivity contribution < 1.29 is 9.59 Å². The summed E-state index contributed by atoms with van der Waals surface area (Å²) in [6.07, 6.45) is 6.43. The zero-order valence-electron chi connectivity index (χ0n) is 26.0. The van der Waals surface area contributed by atoms with Gasteiger partial charge < -0.3 is 16.0 Å². The van der Waals surface area contributed by atoms with E-state index < -0.39 is 5.66 Å². The molecule has 1 saturated carbocycles. The maximum atomic E-state index is 14.4. The Morgan fingerprint density at radius 1 is 1.19 bits per heavy atom. The van der Waals surface area contributed by atoms with Gasteiger partial charge in [-0.2, -0.15) is 0 Å². The van der Waals surface area contributed by atoms with Crippen LogP contribution in [-0.2, 0) is 4.79 Å². The van der Waals surface area contributed by atoms with Crippen LogP contribution in [0.3, 0.4) is 0 Å². The number of amidine groups is 1. The highest BCUT2D eigenvalue weighted by Crippen LogP contribution is 2.50. The number of rotatable bonds is 11. The van der Waals surface area contributed by atoms with Crippen LogP contribution < -0.4 is 22.0 Å². The van der Waals surface area contributed by atoms with Gasteiger partial charge in [-0.1, -0.05) is 76.4 Å². The number of benzene rings is 2. The van der Waals surface area contributed by atoms with E-state index in [1.165, 1.54) is 0 Å². The number of hydrazone groups is 1. The lowest BCUT2D eigenvalue weighted by Crippen LogP contribution is -2.51. The van der Waals surface area contributed by atoms with E-state index in [1.54, 1.807) is 7.05 Å². The fourth-order valence-electron chi connectivity index (χ4n) is 6.31. The van der Waals surface area contributed by atoms with E-state index in [0.29, 0.717) is 22.2 Å². The van der Waals surface area contributed by atoms with Crippen molar-refractivity contribution in [3.63, 3.8) is 0 Å². The molecular formula is C33H46ClN7O2. The highest BCUT2D eigenvalue weighted by atomic mass is 35.5. The zero-order valence-corrected chi connectivity index (χ0v) is 26.8. The van der Waals surface area contributed by atoms with Gasteiger partial charge in [0.15, 0.2) is 0 Å². The molecule has 9 nitrogen and oxygen atoms in total. The number of aliphatic imine (C=N–C) groups is 1. The van der Waals surface area contributed by atoms with Crippen LogP contribution in [0.2, 0.25) is 5.02 Å². The average Bonchev–Trinajstić information content (AvgIpc) is 3.26. The number of hydrogen-bond donors (Lipinski definition) is 4. The number of carbonyl (C=O) groups is 2. The Hall–Kier alpha value is -3.43. The zero-order chi connectivity index (χ0) is 31.2. The van der Waals surface area contributed by atoms with E-state index in [1.807, 2.05) is 48.5 Å². The van der Waals surface area contributed by atoms with Crippen LogP contribution >= 0.6 is 11.6 Å². The smallest absolute Gasteiger partial charge is 0.275 e. The number of carbonyl (C=O) groups excluding carboxylic acids is 2. The molecule has 1 aliphatic carbocycles. The molecule has 0 aromatic heterocycles. The van der Waals surface area contributed by atoms with Crippen molar-refractivity contribution in [3.8, 4) is 0 Å². The molecule has 2 aromatic rings. The Balaban J connectivity index is 1.66. The molecule has 0 radical (unpaired) electrons. The summed E-state index contributed by atoms with van der Waals surface area (Å²) in [6, 6.07) is 14.8. The molecule has 2 amide bonds. The highest BCUT2D eigenvalue weighted by Gasteiger charge is 2.52. The maximum absolute atomic E-state index is 14.4. The van der Waals surface area contributed by atoms with Gasteiger partial charge in [0.2, 0.25) is 0 Å². The van der Waals surface area contributed by atoms with Crippen molar-refractivity contribution in [3.05, 3.63) is 70.2 Å². The van der Waals surface area contributed by atoms with Crippen molar-refractivity contribution in [1.29, 1.82) is 0 Å². The summed E-state index contributed by atoms with van der Waals surface area (Å²) in [5.41, 5.74) is 13.4. The number of hydrazine groups is 1. The normalized spacial score (nSPS) is 21.6. The third kappa shape index (κ3) is 7.57. The Morgan fingerprint density at radius 3 is 2.49 bits per heavy atom. The van der Waals surface area contributed by atoms with Gasteiger partial charge in [-0.15, -0.1) is 5.10 Å². The first-order valence-corrected chi connectivity index (χ1v) is 15.7. The summed E-state index contributed by atoms with van der Waals surface area (Å²) in [5, 5.41) is 7.25. The van der Waals surface area contributed by atoms with Gasteiger partial charge in [-0.05, 0) is 73.3 Å². The molecule has 10 heteroatoms. The fraction of sp³-hybridized carbons (Fsp3) is 0.515. The molecule has 1 atom stereocenters. The molecule has 43 heavy (non-hydrogen) atoms. The molecule has 2 aliphatic rings. The van der Waals surface area contributed by atoms with Crippen LogP contribution in [0.5, 0.6) is 0 Å². The second-order valence-corrected chi connectivity index (χ2v) is 13.1. The molecule has 4 rings (SSSR count). The van der Waals surface area contributed by atoms with Gasteiger partial charge >= 0.3 is 0 Å². The lowest BCUT2D eigenvalue weighted by atomic mass is 9.69. The van der Waals surface area contributed by atoms with Crippen molar-refractivity contribution in [2.45, 2.75) is 84.3 Å². The van der Waals surface area contributed by atoms with Crippen LogP contribution in [0.15, 0.2) is 58.6 Å². The van der Waals surface area contributed by atoms with E-state index in [2.05, 4.69) is 54.0 Å². The van der Waals surface area contributed by atoms with Crippen LogP contribution in [0.1, 0.15) is 100 Å². The van der Waals surface area contributed by atoms with Crippen LogP contribution in [0.4, 0.5) is 0 Å². The summed E-state index contributed by atoms with van der Waals surface area (Å²) in [7, 11) is 1.67. The van der Waals surface area contributed by atoms with Gasteiger partial charge in [0, 0.05) is 23.2 Å². The van der Waals surface area contributed by atoms with Crippen molar-refractivity contribution in [2.75, 3.05) is 13.6 Å². The molecule has 0 saturated heterocycles. The number of nitrogens with one attached hydrogen (secondary N) is 3. The van der Waals surface area contributed by atoms with E-state index in [-0.39, 0.29) is 35.7 Å². The Labute approximate surface area is 260 Å². The Morgan fingerprint density at radius 2 is 1.88 bits per heavy atom. The SMILES string of the molecule is CCCC[C@H](c1ccc(C(=O)NC/C(N)=N/NNC)cc1)N1C(=O)C(c2cccc(Cl)c2)=NC12CCC(C(C)(C)C)CC2. The van der Waals surface area contributed by atoms with Crippen molar-refractivity contribution >= 4 is 35.0 Å². The van der Waals surface area contributed by atoms with Gasteiger partial charge in [0.25, 0.3) is 11.8 Å². The second kappa shape index (κ2) is 13.9. The predicted octanol–water partition coefficient (Wildman–Crippen LogP) is 5.56. The van der Waals surface area contributed by atoms with Crippen LogP contribution in [-0.4, -0.2) is 47.5 Å². The lowest BCUT2D eigenvalue weighted by molar-refractivity contribution is -0.133. The van der Waals surface area contributed by atoms with Gasteiger partial charge in [0.1, 0.15) is 17.2 Å². The summed E-state index contributed by atoms with van der Waals surface area (Å²) in [5.74, 6) is 0.512. The first kappa shape index (κ1) is 32.5. The molecule has 1 spiro atoms. The van der Waals surface area contributed by atoms with Gasteiger partial charge in [-0.3, -0.25) is 14.6 Å². The maximum Gasteiger partial charge on any atom is 0.275 e. The summed E-state index contributed by atoms with van der Waals surface area (Å²) in [6.45, 7) is 9.18. The number of hydrogen-bond acceptors (Lipinski definition) is 6. The van der Waals surface area contributed by atoms with E-state index >= 15 is 0 Å². The fourth-order valence-corrected chi connectivity index (χ4v) is 6.50. The molecule has 5 N–H and O–H groups in total. The monoisotopic (exact) mass is 607 g/mol. The van der Waals surface area contributed by atoms with E-state index in [9.17, 15) is 9.59 Å². The van der Waals surface area contributed by atoms with Crippen molar-refractivity contribution in [1.82, 2.24) is 21.2 Å². The quantitative estimate of drug-likeness (QED) is 0.151. The number of amides is 2. The molecule has 1 heterocycles. The topological polar surface area (TPSA) is 124 Å². The first-order chi connectivity index (χ1) is 20.5. The molecule has 0 bridgehead atoms. The molecule has 1 fully saturated rings. The summed E-state index contributed by atoms with van der Waals surface area (Å²) in [4.78, 5) is 34.6. The molecule has 232 valence electrons. The molecule has 1 aliphatic heterocycles. The number of halogens is 1. The first-order valence-electron chi connectivity index (χ1n) is 15.3. The number of nitrogens with zero attached hydrogens (tertiary/aromatic N) is 3. The highest BCUT2D eigenvalue weighted by molar-refractivity contribution is 6.47. The summed E-state index contributed by atoms with van der Waals surface area (Å²) >= 11 is 6.35. The van der Waals surface area contributed by atoms with E-state index in [4.69, 9.17) is 22.3 Å². The predicted molar refractivity (Wildman–Crippen MR) is 174 cm³/mol. The van der Waals surface area contributed by atoms with Gasteiger partial charge in [-0.25, -0.2) is 11.0 Å². The molecule has 2 aromatic carbocycles. The third-order valence-electron chi connectivity index (χ3n) is 8.74. The number of unbranched alkanes of at least 4 members (excludes halogenated alkanes) is 1. The molecule has 0 unspecified atom stereocenters. The minimum absolute atomic E-state index is 0.0515. The van der Waals surface area contributed by atoms with E-state index in [0.717, 1.165) is 56.1 Å². The van der Waals surface area contributed by atoms with Crippen LogP contribution in [0.25, 0.3) is 0 Å². The largest absolute Gasteiger partial charge is 0.384 e.